The summed E-state index contributed by atoms with van der Waals surface area (Å²) in [4.78, 5) is 0. The maximum Gasteiger partial charge on any atom is 0.236 e. The van der Waals surface area contributed by atoms with Crippen molar-refractivity contribution >= 4 is 19.7 Å². The van der Waals surface area contributed by atoms with E-state index < -0.39 is 9.05 Å². The molecule has 0 heterocycles. The molecule has 0 aromatic heterocycles. The zero-order valence-electron chi connectivity index (χ0n) is 10.2. The number of rotatable bonds is 5. The largest absolute Gasteiger partial charge is 0.384 e. The van der Waals surface area contributed by atoms with Crippen LogP contribution in [0.15, 0.2) is 24.3 Å². The molecule has 0 N–H and O–H groups in total. The van der Waals surface area contributed by atoms with Crippen molar-refractivity contribution in [1.82, 2.24) is 0 Å². The number of hydrogen-bond donors (Lipinski definition) is 0. The van der Waals surface area contributed by atoms with E-state index in [0.29, 0.717) is 12.2 Å². The van der Waals surface area contributed by atoms with Gasteiger partial charge in [-0.25, -0.2) is 8.42 Å². The Morgan fingerprint density at radius 2 is 2.00 bits per heavy atom. The van der Waals surface area contributed by atoms with Gasteiger partial charge in [-0.1, -0.05) is 38.1 Å². The van der Waals surface area contributed by atoms with E-state index in [1.165, 1.54) is 0 Å². The molecule has 1 aromatic carbocycles. The molecule has 5 heteroatoms. The Labute approximate surface area is 107 Å². The van der Waals surface area contributed by atoms with Gasteiger partial charge in [-0.15, -0.1) is 0 Å². The maximum atomic E-state index is 11.0. The average Bonchev–Trinajstić information content (AvgIpc) is 2.15. The Morgan fingerprint density at radius 3 is 2.53 bits per heavy atom. The third-order valence-electron chi connectivity index (χ3n) is 2.55. The van der Waals surface area contributed by atoms with Crippen molar-refractivity contribution in [3.63, 3.8) is 0 Å². The van der Waals surface area contributed by atoms with Gasteiger partial charge in [0.25, 0.3) is 0 Å². The van der Waals surface area contributed by atoms with Crippen LogP contribution in [-0.2, 0) is 25.0 Å². The predicted octanol–water partition coefficient (Wildman–Crippen LogP) is 2.68. The lowest BCUT2D eigenvalue weighted by Gasteiger charge is -2.24. The van der Waals surface area contributed by atoms with Gasteiger partial charge in [0.05, 0.1) is 12.4 Å². The van der Waals surface area contributed by atoms with E-state index in [1.807, 2.05) is 32.0 Å². The molecule has 0 fully saturated rings. The van der Waals surface area contributed by atoms with Crippen LogP contribution in [0, 0.1) is 0 Å². The Bertz CT molecular complexity index is 480. The minimum absolute atomic E-state index is 0.147. The molecule has 0 saturated carbocycles. The molecular formula is C12H17ClO3S. The first-order valence-electron chi connectivity index (χ1n) is 5.25. The zero-order valence-corrected chi connectivity index (χ0v) is 11.8. The first-order chi connectivity index (χ1) is 7.74. The second-order valence-corrected chi connectivity index (χ2v) is 7.48. The molecule has 1 rings (SSSR count). The molecule has 0 unspecified atom stereocenters. The van der Waals surface area contributed by atoms with Crippen LogP contribution in [0.2, 0.25) is 0 Å². The zero-order chi connectivity index (χ0) is 13.1. The van der Waals surface area contributed by atoms with E-state index in [1.54, 1.807) is 13.2 Å². The van der Waals surface area contributed by atoms with Crippen molar-refractivity contribution in [2.75, 3.05) is 13.7 Å². The highest BCUT2D eigenvalue weighted by Crippen LogP contribution is 2.25. The molecule has 0 saturated heterocycles. The molecule has 17 heavy (non-hydrogen) atoms. The molecule has 0 aliphatic heterocycles. The van der Waals surface area contributed by atoms with Gasteiger partial charge < -0.3 is 4.74 Å². The Morgan fingerprint density at radius 1 is 1.35 bits per heavy atom. The first-order valence-corrected chi connectivity index (χ1v) is 7.73. The summed E-state index contributed by atoms with van der Waals surface area (Å²) in [6.45, 7) is 4.67. The Hall–Kier alpha value is -0.580. The molecule has 0 aliphatic carbocycles. The first kappa shape index (κ1) is 14.5. The molecule has 0 bridgehead atoms. The molecule has 0 aliphatic rings. The number of methoxy groups -OCH3 is 1. The average molecular weight is 277 g/mol. The number of ether oxygens (including phenoxy) is 1. The topological polar surface area (TPSA) is 43.4 Å². The van der Waals surface area contributed by atoms with Gasteiger partial charge in [-0.05, 0) is 11.1 Å². The number of halogens is 1. The van der Waals surface area contributed by atoms with Crippen molar-refractivity contribution in [3.8, 4) is 0 Å². The number of hydrogen-bond acceptors (Lipinski definition) is 3. The van der Waals surface area contributed by atoms with Crippen molar-refractivity contribution in [3.05, 3.63) is 35.4 Å². The Balaban J connectivity index is 3.01. The summed E-state index contributed by atoms with van der Waals surface area (Å²) in [5.74, 6) is -0.147. The van der Waals surface area contributed by atoms with E-state index in [2.05, 4.69) is 0 Å². The standard InChI is InChI=1S/C12H17ClO3S/c1-12(2,9-16-3)11-6-4-5-10(7-11)8-17(13,14)15/h4-7H,8-9H2,1-3H3. The molecule has 0 radical (unpaired) electrons. The SMILES string of the molecule is COCC(C)(C)c1cccc(CS(=O)(=O)Cl)c1. The third-order valence-corrected chi connectivity index (χ3v) is 3.56. The van der Waals surface area contributed by atoms with Crippen molar-refractivity contribution < 1.29 is 13.2 Å². The van der Waals surface area contributed by atoms with E-state index >= 15 is 0 Å². The summed E-state index contributed by atoms with van der Waals surface area (Å²) in [5.41, 5.74) is 1.58. The number of benzene rings is 1. The second-order valence-electron chi connectivity index (χ2n) is 4.70. The highest BCUT2D eigenvalue weighted by atomic mass is 35.7. The molecule has 96 valence electrons. The lowest BCUT2D eigenvalue weighted by molar-refractivity contribution is 0.146. The van der Waals surface area contributed by atoms with Crippen LogP contribution in [-0.4, -0.2) is 22.1 Å². The van der Waals surface area contributed by atoms with E-state index in [4.69, 9.17) is 15.4 Å². The molecule has 0 amide bonds. The molecule has 3 nitrogen and oxygen atoms in total. The van der Waals surface area contributed by atoms with Gasteiger partial charge in [-0.3, -0.25) is 0 Å². The van der Waals surface area contributed by atoms with Gasteiger partial charge in [0.15, 0.2) is 0 Å². The van der Waals surface area contributed by atoms with Crippen LogP contribution < -0.4 is 0 Å². The van der Waals surface area contributed by atoms with Gasteiger partial charge in [0, 0.05) is 23.2 Å². The Kier molecular flexibility index (Phi) is 4.58. The predicted molar refractivity (Wildman–Crippen MR) is 69.8 cm³/mol. The van der Waals surface area contributed by atoms with E-state index in [0.717, 1.165) is 5.56 Å². The highest BCUT2D eigenvalue weighted by Gasteiger charge is 2.21. The summed E-state index contributed by atoms with van der Waals surface area (Å²) >= 11 is 0. The van der Waals surface area contributed by atoms with Crippen LogP contribution in [0.4, 0.5) is 0 Å². The van der Waals surface area contributed by atoms with E-state index in [-0.39, 0.29) is 11.2 Å². The monoisotopic (exact) mass is 276 g/mol. The van der Waals surface area contributed by atoms with Gasteiger partial charge in [0.1, 0.15) is 0 Å². The summed E-state index contributed by atoms with van der Waals surface area (Å²) in [6, 6.07) is 7.42. The molecule has 1 aromatic rings. The van der Waals surface area contributed by atoms with Gasteiger partial charge >= 0.3 is 0 Å². The minimum Gasteiger partial charge on any atom is -0.384 e. The van der Waals surface area contributed by atoms with E-state index in [9.17, 15) is 8.42 Å². The normalized spacial score (nSPS) is 12.7. The summed E-state index contributed by atoms with van der Waals surface area (Å²) in [5, 5.41) is 0. The van der Waals surface area contributed by atoms with Crippen molar-refractivity contribution in [1.29, 1.82) is 0 Å². The molecule has 0 spiro atoms. The minimum atomic E-state index is -3.51. The second kappa shape index (κ2) is 5.38. The fourth-order valence-corrected chi connectivity index (χ4v) is 2.68. The van der Waals surface area contributed by atoms with Crippen LogP contribution in [0.3, 0.4) is 0 Å². The maximum absolute atomic E-state index is 11.0. The van der Waals surface area contributed by atoms with Crippen molar-refractivity contribution in [2.24, 2.45) is 0 Å². The summed E-state index contributed by atoms with van der Waals surface area (Å²) in [7, 11) is 3.38. The smallest absolute Gasteiger partial charge is 0.236 e. The van der Waals surface area contributed by atoms with Crippen LogP contribution in [0.25, 0.3) is 0 Å². The third kappa shape index (κ3) is 4.66. The van der Waals surface area contributed by atoms with Crippen molar-refractivity contribution in [2.45, 2.75) is 25.0 Å². The van der Waals surface area contributed by atoms with Gasteiger partial charge in [-0.2, -0.15) is 0 Å². The lowest BCUT2D eigenvalue weighted by Crippen LogP contribution is -2.23. The fourth-order valence-electron chi connectivity index (χ4n) is 1.73. The highest BCUT2D eigenvalue weighted by molar-refractivity contribution is 8.13. The summed E-state index contributed by atoms with van der Waals surface area (Å²) < 4.78 is 27.2. The fraction of sp³-hybridized carbons (Fsp3) is 0.500. The quantitative estimate of drug-likeness (QED) is 0.777. The van der Waals surface area contributed by atoms with Crippen LogP contribution >= 0.6 is 10.7 Å². The van der Waals surface area contributed by atoms with Crippen LogP contribution in [0.1, 0.15) is 25.0 Å². The lowest BCUT2D eigenvalue weighted by atomic mass is 9.85. The molecule has 0 atom stereocenters. The molecular weight excluding hydrogens is 260 g/mol. The van der Waals surface area contributed by atoms with Crippen LogP contribution in [0.5, 0.6) is 0 Å². The van der Waals surface area contributed by atoms with Gasteiger partial charge in [0.2, 0.25) is 9.05 Å². The summed E-state index contributed by atoms with van der Waals surface area (Å²) in [6.07, 6.45) is 0.